The summed E-state index contributed by atoms with van der Waals surface area (Å²) in [5.74, 6) is -0.594. The van der Waals surface area contributed by atoms with Crippen molar-refractivity contribution in [1.29, 1.82) is 0 Å². The van der Waals surface area contributed by atoms with Gasteiger partial charge in [0.2, 0.25) is 5.91 Å². The number of carbonyl (C=O) groups excluding carboxylic acids is 1. The normalized spacial score (nSPS) is 13.1. The smallest absolute Gasteiger partial charge is 0.359 e. The number of halogens is 3. The molecule has 0 bridgehead atoms. The summed E-state index contributed by atoms with van der Waals surface area (Å²) >= 11 is 0. The van der Waals surface area contributed by atoms with Crippen LogP contribution in [0.4, 0.5) is 13.2 Å². The zero-order valence-electron chi connectivity index (χ0n) is 9.70. The minimum Gasteiger partial charge on any atom is -0.359 e. The fraction of sp³-hybridized carbons (Fsp3) is 0.455. The van der Waals surface area contributed by atoms with Crippen LogP contribution in [0.1, 0.15) is 12.5 Å². The molecular formula is C11H13F3N2O2. The third kappa shape index (κ3) is 5.62. The van der Waals surface area contributed by atoms with Crippen LogP contribution in [0.25, 0.3) is 0 Å². The Hall–Kier alpha value is -1.63. The number of hydrogen-bond acceptors (Lipinski definition) is 3. The van der Waals surface area contributed by atoms with Crippen molar-refractivity contribution < 1.29 is 22.7 Å². The molecule has 0 fully saturated rings. The summed E-state index contributed by atoms with van der Waals surface area (Å²) in [5.41, 5.74) is 0.758. The maximum absolute atomic E-state index is 11.9. The largest absolute Gasteiger partial charge is 0.411 e. The molecule has 0 radical (unpaired) electrons. The number of aromatic nitrogens is 1. The van der Waals surface area contributed by atoms with Gasteiger partial charge in [0, 0.05) is 18.9 Å². The van der Waals surface area contributed by atoms with Gasteiger partial charge in [0.05, 0.1) is 0 Å². The zero-order valence-corrected chi connectivity index (χ0v) is 9.70. The fourth-order valence-corrected chi connectivity index (χ4v) is 1.13. The lowest BCUT2D eigenvalue weighted by Gasteiger charge is -2.14. The van der Waals surface area contributed by atoms with Crippen LogP contribution in [-0.2, 0) is 16.1 Å². The van der Waals surface area contributed by atoms with Crippen LogP contribution in [0.5, 0.6) is 0 Å². The minimum absolute atomic E-state index is 0.201. The van der Waals surface area contributed by atoms with E-state index in [9.17, 15) is 18.0 Å². The van der Waals surface area contributed by atoms with Crippen LogP contribution in [0.15, 0.2) is 24.5 Å². The quantitative estimate of drug-likeness (QED) is 0.878. The average Bonchev–Trinajstić information content (AvgIpc) is 2.33. The van der Waals surface area contributed by atoms with E-state index in [0.29, 0.717) is 0 Å². The van der Waals surface area contributed by atoms with Crippen molar-refractivity contribution in [2.24, 2.45) is 0 Å². The SMILES string of the molecule is CC(OCC(F)(F)F)C(=O)NCc1cccnc1. The summed E-state index contributed by atoms with van der Waals surface area (Å²) in [6, 6.07) is 3.44. The topological polar surface area (TPSA) is 51.2 Å². The van der Waals surface area contributed by atoms with Gasteiger partial charge in [-0.2, -0.15) is 13.2 Å². The Morgan fingerprint density at radius 1 is 1.56 bits per heavy atom. The molecule has 1 heterocycles. The van der Waals surface area contributed by atoms with Gasteiger partial charge in [0.1, 0.15) is 12.7 Å². The number of nitrogens with zero attached hydrogens (tertiary/aromatic N) is 1. The summed E-state index contributed by atoms with van der Waals surface area (Å²) in [6.45, 7) is 0.0329. The number of pyridine rings is 1. The van der Waals surface area contributed by atoms with Gasteiger partial charge >= 0.3 is 6.18 Å². The van der Waals surface area contributed by atoms with Crippen LogP contribution in [0, 0.1) is 0 Å². The fourth-order valence-electron chi connectivity index (χ4n) is 1.13. The number of hydrogen-bond donors (Lipinski definition) is 1. The van der Waals surface area contributed by atoms with E-state index in [0.717, 1.165) is 5.56 Å². The first-order valence-corrected chi connectivity index (χ1v) is 5.23. The molecule has 0 saturated carbocycles. The van der Waals surface area contributed by atoms with Crippen molar-refractivity contribution in [3.05, 3.63) is 30.1 Å². The average molecular weight is 262 g/mol. The van der Waals surface area contributed by atoms with Gasteiger partial charge in [-0.05, 0) is 18.6 Å². The van der Waals surface area contributed by atoms with E-state index in [1.165, 1.54) is 6.92 Å². The Balaban J connectivity index is 2.32. The number of amides is 1. The highest BCUT2D eigenvalue weighted by atomic mass is 19.4. The minimum atomic E-state index is -4.43. The van der Waals surface area contributed by atoms with E-state index in [4.69, 9.17) is 0 Å². The Bertz CT molecular complexity index is 382. The van der Waals surface area contributed by atoms with E-state index in [1.54, 1.807) is 24.5 Å². The predicted octanol–water partition coefficient (Wildman–Crippen LogP) is 1.67. The molecule has 7 heteroatoms. The predicted molar refractivity (Wildman–Crippen MR) is 57.6 cm³/mol. The number of alkyl halides is 3. The van der Waals surface area contributed by atoms with Crippen molar-refractivity contribution in [2.75, 3.05) is 6.61 Å². The van der Waals surface area contributed by atoms with Gasteiger partial charge in [-0.3, -0.25) is 9.78 Å². The molecule has 0 saturated heterocycles. The van der Waals surface area contributed by atoms with Crippen molar-refractivity contribution in [3.63, 3.8) is 0 Å². The third-order valence-electron chi connectivity index (χ3n) is 2.06. The summed E-state index contributed by atoms with van der Waals surface area (Å²) in [6.07, 6.45) is -2.44. The molecule has 100 valence electrons. The molecule has 1 atom stereocenters. The molecule has 0 spiro atoms. The second kappa shape index (κ2) is 6.34. The molecule has 18 heavy (non-hydrogen) atoms. The lowest BCUT2D eigenvalue weighted by Crippen LogP contribution is -2.36. The van der Waals surface area contributed by atoms with E-state index in [1.807, 2.05) is 0 Å². The summed E-state index contributed by atoms with van der Waals surface area (Å²) in [5, 5.41) is 2.46. The first-order chi connectivity index (χ1) is 8.38. The summed E-state index contributed by atoms with van der Waals surface area (Å²) in [7, 11) is 0. The Kier molecular flexibility index (Phi) is 5.08. The highest BCUT2D eigenvalue weighted by Gasteiger charge is 2.29. The monoisotopic (exact) mass is 262 g/mol. The van der Waals surface area contributed by atoms with Gasteiger partial charge in [0.15, 0.2) is 0 Å². The molecule has 0 aliphatic carbocycles. The second-order valence-electron chi connectivity index (χ2n) is 3.65. The summed E-state index contributed by atoms with van der Waals surface area (Å²) < 4.78 is 40.0. The first-order valence-electron chi connectivity index (χ1n) is 5.23. The van der Waals surface area contributed by atoms with Crippen LogP contribution in [-0.4, -0.2) is 29.8 Å². The second-order valence-corrected chi connectivity index (χ2v) is 3.65. The third-order valence-corrected chi connectivity index (χ3v) is 2.06. The summed E-state index contributed by atoms with van der Waals surface area (Å²) in [4.78, 5) is 15.3. The lowest BCUT2D eigenvalue weighted by molar-refractivity contribution is -0.185. The van der Waals surface area contributed by atoms with E-state index >= 15 is 0 Å². The van der Waals surface area contributed by atoms with Gasteiger partial charge in [0.25, 0.3) is 0 Å². The number of ether oxygens (including phenoxy) is 1. The molecule has 0 aliphatic heterocycles. The standard InChI is InChI=1S/C11H13F3N2O2/c1-8(18-7-11(12,13)14)10(17)16-6-9-3-2-4-15-5-9/h2-5,8H,6-7H2,1H3,(H,16,17). The molecule has 0 aromatic carbocycles. The number of rotatable bonds is 5. The van der Waals surface area contributed by atoms with Crippen molar-refractivity contribution >= 4 is 5.91 Å². The molecule has 1 aromatic rings. The van der Waals surface area contributed by atoms with Gasteiger partial charge in [-0.25, -0.2) is 0 Å². The highest BCUT2D eigenvalue weighted by molar-refractivity contribution is 5.80. The van der Waals surface area contributed by atoms with Crippen LogP contribution >= 0.6 is 0 Å². The Morgan fingerprint density at radius 2 is 2.28 bits per heavy atom. The molecule has 1 aromatic heterocycles. The van der Waals surface area contributed by atoms with Crippen molar-refractivity contribution in [3.8, 4) is 0 Å². The number of nitrogens with one attached hydrogen (secondary N) is 1. The molecule has 1 unspecified atom stereocenters. The molecular weight excluding hydrogens is 249 g/mol. The molecule has 1 N–H and O–H groups in total. The maximum Gasteiger partial charge on any atom is 0.411 e. The molecule has 0 aliphatic rings. The first kappa shape index (κ1) is 14.4. The van der Waals surface area contributed by atoms with Gasteiger partial charge in [-0.1, -0.05) is 6.07 Å². The van der Waals surface area contributed by atoms with Crippen LogP contribution < -0.4 is 5.32 Å². The van der Waals surface area contributed by atoms with Gasteiger partial charge < -0.3 is 10.1 Å². The Morgan fingerprint density at radius 3 is 2.83 bits per heavy atom. The van der Waals surface area contributed by atoms with Gasteiger partial charge in [-0.15, -0.1) is 0 Å². The van der Waals surface area contributed by atoms with E-state index in [-0.39, 0.29) is 6.54 Å². The Labute approximate surface area is 102 Å². The lowest BCUT2D eigenvalue weighted by atomic mass is 10.3. The van der Waals surface area contributed by atoms with E-state index < -0.39 is 24.8 Å². The molecule has 4 nitrogen and oxygen atoms in total. The van der Waals surface area contributed by atoms with Crippen LogP contribution in [0.2, 0.25) is 0 Å². The van der Waals surface area contributed by atoms with Crippen molar-refractivity contribution in [1.82, 2.24) is 10.3 Å². The number of carbonyl (C=O) groups is 1. The maximum atomic E-state index is 11.9. The highest BCUT2D eigenvalue weighted by Crippen LogP contribution is 2.15. The molecule has 1 rings (SSSR count). The van der Waals surface area contributed by atoms with Crippen molar-refractivity contribution in [2.45, 2.75) is 25.7 Å². The molecule has 1 amide bonds. The van der Waals surface area contributed by atoms with Crippen LogP contribution in [0.3, 0.4) is 0 Å². The zero-order chi connectivity index (χ0) is 13.6. The van der Waals surface area contributed by atoms with E-state index in [2.05, 4.69) is 15.0 Å².